The highest BCUT2D eigenvalue weighted by molar-refractivity contribution is 5.83. The normalized spacial score (nSPS) is 38.5. The van der Waals surface area contributed by atoms with Crippen molar-refractivity contribution in [2.75, 3.05) is 0 Å². The van der Waals surface area contributed by atoms with Crippen LogP contribution in [-0.2, 0) is 14.3 Å². The molecule has 212 valence electrons. The second-order valence-electron chi connectivity index (χ2n) is 10.8. The number of carbonyl (C=O) groups is 1. The Morgan fingerprint density at radius 2 is 1.71 bits per heavy atom. The van der Waals surface area contributed by atoms with Gasteiger partial charge in [-0.05, 0) is 61.2 Å². The molecule has 0 radical (unpaired) electrons. The molecule has 0 aromatic rings. The molecule has 9 atom stereocenters. The van der Waals surface area contributed by atoms with E-state index in [1.807, 2.05) is 6.92 Å². The monoisotopic (exact) mass is 530 g/mol. The summed E-state index contributed by atoms with van der Waals surface area (Å²) in [7, 11) is 0. The van der Waals surface area contributed by atoms with E-state index in [2.05, 4.69) is 33.6 Å². The summed E-state index contributed by atoms with van der Waals surface area (Å²) in [5.74, 6) is -0.134. The van der Waals surface area contributed by atoms with Gasteiger partial charge in [0.25, 0.3) is 0 Å². The van der Waals surface area contributed by atoms with Crippen molar-refractivity contribution < 1.29 is 34.7 Å². The summed E-state index contributed by atoms with van der Waals surface area (Å²) >= 11 is 0. The van der Waals surface area contributed by atoms with Crippen LogP contribution in [0.2, 0.25) is 0 Å². The third-order valence-electron chi connectivity index (χ3n) is 7.26. The van der Waals surface area contributed by atoms with Crippen molar-refractivity contribution in [3.8, 4) is 0 Å². The summed E-state index contributed by atoms with van der Waals surface area (Å²) < 4.78 is 11.9. The molecule has 0 aliphatic carbocycles. The summed E-state index contributed by atoms with van der Waals surface area (Å²) in [6, 6.07) is 0. The van der Waals surface area contributed by atoms with Crippen LogP contribution in [0.3, 0.4) is 0 Å². The molecular formula is C31H46O7. The predicted octanol–water partition coefficient (Wildman–Crippen LogP) is 4.09. The summed E-state index contributed by atoms with van der Waals surface area (Å²) in [5, 5.41) is 41.8. The minimum Gasteiger partial charge on any atom is -0.456 e. The Bertz CT molecular complexity index is 946. The third-order valence-corrected chi connectivity index (χ3v) is 7.26. The summed E-state index contributed by atoms with van der Waals surface area (Å²) in [5.41, 5.74) is 1.70. The summed E-state index contributed by atoms with van der Waals surface area (Å²) in [6.07, 6.45) is 5.05. The predicted molar refractivity (Wildman–Crippen MR) is 149 cm³/mol. The van der Waals surface area contributed by atoms with Gasteiger partial charge in [0.2, 0.25) is 0 Å². The second-order valence-corrected chi connectivity index (χ2v) is 10.8. The van der Waals surface area contributed by atoms with Gasteiger partial charge < -0.3 is 29.9 Å². The van der Waals surface area contributed by atoms with Gasteiger partial charge in [-0.25, -0.2) is 4.79 Å². The molecule has 7 nitrogen and oxygen atoms in total. The molecule has 4 N–H and O–H groups in total. The number of ether oxygens (including phenoxy) is 2. The number of epoxide rings is 1. The minimum absolute atomic E-state index is 0.0474. The molecule has 1 saturated heterocycles. The topological polar surface area (TPSA) is 120 Å². The van der Waals surface area contributed by atoms with E-state index in [9.17, 15) is 25.2 Å². The van der Waals surface area contributed by atoms with Crippen molar-refractivity contribution in [3.63, 3.8) is 0 Å². The zero-order valence-corrected chi connectivity index (χ0v) is 23.3. The van der Waals surface area contributed by atoms with Gasteiger partial charge >= 0.3 is 5.97 Å². The zero-order chi connectivity index (χ0) is 28.6. The van der Waals surface area contributed by atoms with Gasteiger partial charge in [-0.15, -0.1) is 0 Å². The van der Waals surface area contributed by atoms with Crippen LogP contribution in [-0.4, -0.2) is 69.1 Å². The maximum atomic E-state index is 12.8. The van der Waals surface area contributed by atoms with Crippen LogP contribution in [0.1, 0.15) is 59.8 Å². The molecule has 0 bridgehead atoms. The Kier molecular flexibility index (Phi) is 12.4. The lowest BCUT2D eigenvalue weighted by Crippen LogP contribution is -2.37. The lowest BCUT2D eigenvalue weighted by Gasteiger charge is -2.26. The van der Waals surface area contributed by atoms with Gasteiger partial charge in [-0.2, -0.15) is 0 Å². The summed E-state index contributed by atoms with van der Waals surface area (Å²) in [6.45, 7) is 19.7. The van der Waals surface area contributed by atoms with Gasteiger partial charge in [0.05, 0.1) is 6.10 Å². The van der Waals surface area contributed by atoms with Crippen molar-refractivity contribution in [1.29, 1.82) is 0 Å². The second kappa shape index (κ2) is 14.8. The zero-order valence-electron chi connectivity index (χ0n) is 23.3. The highest BCUT2D eigenvalue weighted by Gasteiger charge is 2.51. The number of aliphatic hydroxyl groups is 4. The first-order chi connectivity index (χ1) is 17.9. The Morgan fingerprint density at radius 3 is 2.37 bits per heavy atom. The van der Waals surface area contributed by atoms with E-state index in [0.717, 1.165) is 18.4 Å². The van der Waals surface area contributed by atoms with Crippen LogP contribution in [0.15, 0.2) is 72.4 Å². The lowest BCUT2D eigenvalue weighted by molar-refractivity contribution is -0.146. The van der Waals surface area contributed by atoms with Gasteiger partial charge in [0, 0.05) is 6.08 Å². The first-order valence-corrected chi connectivity index (χ1v) is 13.5. The van der Waals surface area contributed by atoms with E-state index in [1.54, 1.807) is 25.2 Å². The molecule has 0 spiro atoms. The van der Waals surface area contributed by atoms with Gasteiger partial charge in [0.1, 0.15) is 36.6 Å². The molecule has 2 aliphatic heterocycles. The average molecular weight is 531 g/mol. The Morgan fingerprint density at radius 1 is 1.03 bits per heavy atom. The number of rotatable bonds is 4. The van der Waals surface area contributed by atoms with Crippen molar-refractivity contribution in [2.45, 2.75) is 103 Å². The maximum Gasteiger partial charge on any atom is 0.331 e. The summed E-state index contributed by atoms with van der Waals surface area (Å²) in [4.78, 5) is 12.8. The van der Waals surface area contributed by atoms with Crippen molar-refractivity contribution >= 4 is 5.97 Å². The standard InChI is InChI=1S/C31H46O7/c1-8-11-21(5)29-31(38-29)30-22(6)16-18(2)13-10-15-24(32)27(35)23(7)28(36)26(34)20(4)14-9-12-19(3)17-25(33)37-30/h9-10,12,15,17,21-22,24,26-32,34-36H,2,4,7-8,11,13-14,16H2,1,3,5-6H3/b12-9+,15-10+,19-17+/t21-,22+,24-,26-,27-,28-,29-,30+,31+/m1/s1. The van der Waals surface area contributed by atoms with Gasteiger partial charge in [-0.1, -0.05) is 76.8 Å². The lowest BCUT2D eigenvalue weighted by atomic mass is 9.89. The van der Waals surface area contributed by atoms with Crippen LogP contribution >= 0.6 is 0 Å². The fraction of sp³-hybridized carbons (Fsp3) is 0.581. The smallest absolute Gasteiger partial charge is 0.331 e. The average Bonchev–Trinajstić information content (AvgIpc) is 3.65. The SMILES string of the molecule is C=C1C/C=C/[C@@H](O)[C@H](O)C(=C)[C@@H](O)[C@H](O)C(=C)C/C=C/C(C)=C/C(=O)O[C@H]([C@H]2O[C@@H]2[C@H](C)CCC)[C@@H](C)C1. The van der Waals surface area contributed by atoms with Crippen molar-refractivity contribution in [2.24, 2.45) is 11.8 Å². The van der Waals surface area contributed by atoms with E-state index < -0.39 is 36.5 Å². The molecule has 0 saturated carbocycles. The number of esters is 1. The molecule has 1 fully saturated rings. The molecule has 7 heteroatoms. The molecule has 2 heterocycles. The first kappa shape index (κ1) is 31.9. The molecule has 38 heavy (non-hydrogen) atoms. The maximum absolute atomic E-state index is 12.8. The number of allylic oxidation sites excluding steroid dienone is 5. The number of aliphatic hydroxyl groups excluding tert-OH is 4. The van der Waals surface area contributed by atoms with E-state index >= 15 is 0 Å². The fourth-order valence-corrected chi connectivity index (χ4v) is 4.86. The van der Waals surface area contributed by atoms with Gasteiger partial charge in [0.15, 0.2) is 0 Å². The van der Waals surface area contributed by atoms with E-state index in [0.29, 0.717) is 29.9 Å². The molecule has 0 aromatic heterocycles. The van der Waals surface area contributed by atoms with Crippen LogP contribution in [0.4, 0.5) is 0 Å². The Hall–Kier alpha value is -2.29. The Labute approximate surface area is 227 Å². The molecule has 2 aliphatic rings. The molecule has 0 unspecified atom stereocenters. The number of cyclic esters (lactones) is 1. The molecule has 0 aromatic carbocycles. The highest BCUT2D eigenvalue weighted by Crippen LogP contribution is 2.39. The molecule has 0 amide bonds. The fourth-order valence-electron chi connectivity index (χ4n) is 4.86. The molecular weight excluding hydrogens is 484 g/mol. The van der Waals surface area contributed by atoms with E-state index in [-0.39, 0.29) is 30.1 Å². The largest absolute Gasteiger partial charge is 0.456 e. The van der Waals surface area contributed by atoms with Gasteiger partial charge in [-0.3, -0.25) is 0 Å². The van der Waals surface area contributed by atoms with Crippen molar-refractivity contribution in [3.05, 3.63) is 72.4 Å². The van der Waals surface area contributed by atoms with Crippen LogP contribution in [0, 0.1) is 11.8 Å². The Balaban J connectivity index is 2.28. The van der Waals surface area contributed by atoms with Crippen LogP contribution < -0.4 is 0 Å². The molecule has 2 rings (SSSR count). The number of hydrogen-bond donors (Lipinski definition) is 4. The third kappa shape index (κ3) is 9.17. The quantitative estimate of drug-likeness (QED) is 0.245. The first-order valence-electron chi connectivity index (χ1n) is 13.5. The van der Waals surface area contributed by atoms with E-state index in [1.165, 1.54) is 12.2 Å². The number of hydrogen-bond acceptors (Lipinski definition) is 7. The van der Waals surface area contributed by atoms with Crippen molar-refractivity contribution in [1.82, 2.24) is 0 Å². The van der Waals surface area contributed by atoms with Crippen LogP contribution in [0.5, 0.6) is 0 Å². The minimum atomic E-state index is -1.51. The highest BCUT2D eigenvalue weighted by atomic mass is 16.6. The van der Waals surface area contributed by atoms with Crippen LogP contribution in [0.25, 0.3) is 0 Å². The van der Waals surface area contributed by atoms with E-state index in [4.69, 9.17) is 9.47 Å². The number of carbonyl (C=O) groups excluding carboxylic acids is 1.